The summed E-state index contributed by atoms with van der Waals surface area (Å²) in [5.74, 6) is 0. The van der Waals surface area contributed by atoms with Gasteiger partial charge in [0, 0.05) is 5.02 Å². The van der Waals surface area contributed by atoms with Crippen LogP contribution in [0.1, 0.15) is 41.3 Å². The maximum Gasteiger partial charge on any atom is 0.0659 e. The molecule has 0 fully saturated rings. The molecule has 100 valence electrons. The molecule has 0 nitrogen and oxygen atoms in total. The standard InChI is InChI=1S/C17H18BrCl/c1-2-3-6-13-9-11-14(12-10-13)17(18)15-7-4-5-8-16(15)19/h4-5,7-12,17H,2-3,6H2,1H3. The van der Waals surface area contributed by atoms with Crippen LogP contribution in [0.2, 0.25) is 5.02 Å². The number of rotatable bonds is 5. The van der Waals surface area contributed by atoms with Crippen LogP contribution in [0.15, 0.2) is 48.5 Å². The maximum absolute atomic E-state index is 6.24. The van der Waals surface area contributed by atoms with Crippen molar-refractivity contribution in [3.8, 4) is 0 Å². The molecule has 0 spiro atoms. The van der Waals surface area contributed by atoms with E-state index in [1.165, 1.54) is 24.0 Å². The number of hydrogen-bond acceptors (Lipinski definition) is 0. The van der Waals surface area contributed by atoms with Gasteiger partial charge in [-0.25, -0.2) is 0 Å². The molecule has 0 bridgehead atoms. The summed E-state index contributed by atoms with van der Waals surface area (Å²) in [6.07, 6.45) is 3.65. The Balaban J connectivity index is 2.16. The van der Waals surface area contributed by atoms with Crippen molar-refractivity contribution in [1.82, 2.24) is 0 Å². The van der Waals surface area contributed by atoms with Gasteiger partial charge in [-0.15, -0.1) is 0 Å². The minimum atomic E-state index is 0.154. The van der Waals surface area contributed by atoms with Gasteiger partial charge in [0.25, 0.3) is 0 Å². The molecule has 0 radical (unpaired) electrons. The van der Waals surface area contributed by atoms with Crippen molar-refractivity contribution in [3.05, 3.63) is 70.2 Å². The number of benzene rings is 2. The zero-order valence-corrected chi connectivity index (χ0v) is 13.4. The minimum absolute atomic E-state index is 0.154. The van der Waals surface area contributed by atoms with Crippen LogP contribution in [0.4, 0.5) is 0 Å². The summed E-state index contributed by atoms with van der Waals surface area (Å²) in [6.45, 7) is 2.22. The Morgan fingerprint density at radius 3 is 2.37 bits per heavy atom. The monoisotopic (exact) mass is 336 g/mol. The Hall–Kier alpha value is -0.790. The van der Waals surface area contributed by atoms with Crippen LogP contribution in [0.5, 0.6) is 0 Å². The summed E-state index contributed by atoms with van der Waals surface area (Å²) in [4.78, 5) is 0.154. The summed E-state index contributed by atoms with van der Waals surface area (Å²) in [6, 6.07) is 16.8. The fraction of sp³-hybridized carbons (Fsp3) is 0.294. The zero-order valence-electron chi connectivity index (χ0n) is 11.1. The van der Waals surface area contributed by atoms with Gasteiger partial charge in [0.2, 0.25) is 0 Å². The first kappa shape index (κ1) is 14.6. The summed E-state index contributed by atoms with van der Waals surface area (Å²) in [5.41, 5.74) is 3.77. The number of alkyl halides is 1. The van der Waals surface area contributed by atoms with Crippen LogP contribution in [0.3, 0.4) is 0 Å². The van der Waals surface area contributed by atoms with Crippen LogP contribution < -0.4 is 0 Å². The molecule has 0 heterocycles. The van der Waals surface area contributed by atoms with E-state index >= 15 is 0 Å². The molecule has 1 atom stereocenters. The van der Waals surface area contributed by atoms with Gasteiger partial charge in [-0.2, -0.15) is 0 Å². The predicted octanol–water partition coefficient (Wildman–Crippen LogP) is 6.17. The third-order valence-electron chi connectivity index (χ3n) is 3.27. The number of unbranched alkanes of at least 4 members (excludes halogenated alkanes) is 1. The third-order valence-corrected chi connectivity index (χ3v) is 4.64. The Bertz CT molecular complexity index is 519. The lowest BCUT2D eigenvalue weighted by atomic mass is 10.0. The number of hydrogen-bond donors (Lipinski definition) is 0. The fourth-order valence-electron chi connectivity index (χ4n) is 2.09. The smallest absolute Gasteiger partial charge is 0.0659 e. The number of halogens is 2. The van der Waals surface area contributed by atoms with E-state index in [2.05, 4.69) is 53.2 Å². The molecule has 1 unspecified atom stereocenters. The van der Waals surface area contributed by atoms with Crippen molar-refractivity contribution >= 4 is 27.5 Å². The molecule has 0 saturated heterocycles. The average molecular weight is 338 g/mol. The molecule has 2 rings (SSSR count). The van der Waals surface area contributed by atoms with Gasteiger partial charge in [0.1, 0.15) is 0 Å². The van der Waals surface area contributed by atoms with Crippen molar-refractivity contribution in [2.45, 2.75) is 31.0 Å². The van der Waals surface area contributed by atoms with Gasteiger partial charge in [-0.3, -0.25) is 0 Å². The van der Waals surface area contributed by atoms with Crippen molar-refractivity contribution in [2.24, 2.45) is 0 Å². The first-order chi connectivity index (χ1) is 9.22. The maximum atomic E-state index is 6.24. The van der Waals surface area contributed by atoms with Crippen LogP contribution >= 0.6 is 27.5 Å². The minimum Gasteiger partial charge on any atom is -0.0840 e. The summed E-state index contributed by atoms with van der Waals surface area (Å²) >= 11 is 9.98. The topological polar surface area (TPSA) is 0 Å². The highest BCUT2D eigenvalue weighted by molar-refractivity contribution is 9.09. The second-order valence-corrected chi connectivity index (χ2v) is 6.05. The summed E-state index contributed by atoms with van der Waals surface area (Å²) < 4.78 is 0. The van der Waals surface area contributed by atoms with E-state index in [1.54, 1.807) is 0 Å². The fourth-order valence-corrected chi connectivity index (χ4v) is 3.18. The normalized spacial score (nSPS) is 12.4. The first-order valence-corrected chi connectivity index (χ1v) is 7.99. The van der Waals surface area contributed by atoms with E-state index in [-0.39, 0.29) is 4.83 Å². The lowest BCUT2D eigenvalue weighted by molar-refractivity contribution is 0.795. The van der Waals surface area contributed by atoms with Gasteiger partial charge in [-0.1, -0.05) is 83.3 Å². The molecule has 19 heavy (non-hydrogen) atoms. The largest absolute Gasteiger partial charge is 0.0840 e. The Morgan fingerprint density at radius 1 is 1.05 bits per heavy atom. The molecule has 2 aromatic rings. The van der Waals surface area contributed by atoms with E-state index in [4.69, 9.17) is 11.6 Å². The van der Waals surface area contributed by atoms with E-state index in [9.17, 15) is 0 Å². The van der Waals surface area contributed by atoms with E-state index < -0.39 is 0 Å². The Labute approximate surface area is 128 Å². The van der Waals surface area contributed by atoms with Gasteiger partial charge in [0.15, 0.2) is 0 Å². The molecule has 0 saturated carbocycles. The molecule has 2 heteroatoms. The molecule has 2 aromatic carbocycles. The highest BCUT2D eigenvalue weighted by atomic mass is 79.9. The molecule has 0 aliphatic heterocycles. The molecule has 0 N–H and O–H groups in total. The molecule has 0 aliphatic carbocycles. The van der Waals surface area contributed by atoms with Gasteiger partial charge in [-0.05, 0) is 35.6 Å². The lowest BCUT2D eigenvalue weighted by Gasteiger charge is -2.13. The zero-order chi connectivity index (χ0) is 13.7. The van der Waals surface area contributed by atoms with Gasteiger partial charge in [0.05, 0.1) is 4.83 Å². The van der Waals surface area contributed by atoms with Crippen molar-refractivity contribution in [1.29, 1.82) is 0 Å². The van der Waals surface area contributed by atoms with Crippen LogP contribution in [0, 0.1) is 0 Å². The lowest BCUT2D eigenvalue weighted by Crippen LogP contribution is -1.94. The van der Waals surface area contributed by atoms with Crippen LogP contribution in [-0.2, 0) is 6.42 Å². The Morgan fingerprint density at radius 2 is 1.74 bits per heavy atom. The highest BCUT2D eigenvalue weighted by Crippen LogP contribution is 2.35. The highest BCUT2D eigenvalue weighted by Gasteiger charge is 2.12. The first-order valence-electron chi connectivity index (χ1n) is 6.69. The van der Waals surface area contributed by atoms with Crippen LogP contribution in [-0.4, -0.2) is 0 Å². The quantitative estimate of drug-likeness (QED) is 0.572. The molecule has 0 amide bonds. The molecule has 0 aromatic heterocycles. The summed E-state index contributed by atoms with van der Waals surface area (Å²) in [7, 11) is 0. The van der Waals surface area contributed by atoms with Gasteiger partial charge >= 0.3 is 0 Å². The van der Waals surface area contributed by atoms with Gasteiger partial charge < -0.3 is 0 Å². The second kappa shape index (κ2) is 7.12. The Kier molecular flexibility index (Phi) is 5.47. The van der Waals surface area contributed by atoms with Crippen molar-refractivity contribution < 1.29 is 0 Å². The molecular formula is C17H18BrCl. The van der Waals surface area contributed by atoms with Crippen LogP contribution in [0.25, 0.3) is 0 Å². The number of aryl methyl sites for hydroxylation is 1. The van der Waals surface area contributed by atoms with E-state index in [0.717, 1.165) is 17.0 Å². The van der Waals surface area contributed by atoms with Crippen molar-refractivity contribution in [3.63, 3.8) is 0 Å². The van der Waals surface area contributed by atoms with Crippen molar-refractivity contribution in [2.75, 3.05) is 0 Å². The molecule has 0 aliphatic rings. The second-order valence-electron chi connectivity index (χ2n) is 4.73. The molecular weight excluding hydrogens is 320 g/mol. The third kappa shape index (κ3) is 3.84. The predicted molar refractivity (Wildman–Crippen MR) is 87.3 cm³/mol. The average Bonchev–Trinajstić information content (AvgIpc) is 2.45. The van der Waals surface area contributed by atoms with E-state index in [1.807, 2.05) is 18.2 Å². The van der Waals surface area contributed by atoms with E-state index in [0.29, 0.717) is 0 Å². The SMILES string of the molecule is CCCCc1ccc(C(Br)c2ccccc2Cl)cc1. The summed E-state index contributed by atoms with van der Waals surface area (Å²) in [5, 5.41) is 0.805.